The van der Waals surface area contributed by atoms with E-state index in [1.807, 2.05) is 25.1 Å². The molecule has 1 N–H and O–H groups in total. The first-order valence-corrected chi connectivity index (χ1v) is 6.31. The Morgan fingerprint density at radius 2 is 2.05 bits per heavy atom. The number of hydrogen-bond donors (Lipinski definition) is 1. The average molecular weight is 272 g/mol. The first kappa shape index (κ1) is 14.0. The fourth-order valence-corrected chi connectivity index (χ4v) is 2.04. The summed E-state index contributed by atoms with van der Waals surface area (Å²) in [5, 5.41) is 9.05. The number of carboxylic acid groups (broad SMARTS) is 1. The molecule has 1 heterocycles. The summed E-state index contributed by atoms with van der Waals surface area (Å²) in [7, 11) is 1.63. The van der Waals surface area contributed by atoms with Gasteiger partial charge < -0.3 is 9.84 Å². The molecule has 20 heavy (non-hydrogen) atoms. The van der Waals surface area contributed by atoms with Crippen LogP contribution in [0.3, 0.4) is 0 Å². The third-order valence-electron chi connectivity index (χ3n) is 3.01. The predicted octanol–water partition coefficient (Wildman–Crippen LogP) is 2.72. The van der Waals surface area contributed by atoms with Crippen LogP contribution in [0.4, 0.5) is 0 Å². The average Bonchev–Trinajstić information content (AvgIpc) is 2.45. The number of nitrogens with zero attached hydrogens (tertiary/aromatic N) is 2. The van der Waals surface area contributed by atoms with Crippen LogP contribution in [0.25, 0.3) is 11.3 Å². The quantitative estimate of drug-likeness (QED) is 0.926. The van der Waals surface area contributed by atoms with Crippen LogP contribution in [0, 0.1) is 6.92 Å². The molecule has 0 unspecified atom stereocenters. The van der Waals surface area contributed by atoms with Crippen LogP contribution in [-0.2, 0) is 6.42 Å². The fraction of sp³-hybridized carbons (Fsp3) is 0.267. The van der Waals surface area contributed by atoms with Crippen molar-refractivity contribution in [3.05, 3.63) is 41.3 Å². The van der Waals surface area contributed by atoms with Gasteiger partial charge in [0.2, 0.25) is 0 Å². The van der Waals surface area contributed by atoms with Crippen LogP contribution in [0.2, 0.25) is 0 Å². The summed E-state index contributed by atoms with van der Waals surface area (Å²) in [6.45, 7) is 3.72. The van der Waals surface area contributed by atoms with E-state index in [4.69, 9.17) is 9.84 Å². The number of hydrogen-bond acceptors (Lipinski definition) is 4. The summed E-state index contributed by atoms with van der Waals surface area (Å²) in [5.74, 6) is 0.204. The van der Waals surface area contributed by atoms with Crippen LogP contribution in [0.15, 0.2) is 24.3 Å². The summed E-state index contributed by atoms with van der Waals surface area (Å²) in [6, 6.07) is 7.18. The van der Waals surface area contributed by atoms with Crippen molar-refractivity contribution in [2.24, 2.45) is 0 Å². The van der Waals surface area contributed by atoms with Crippen molar-refractivity contribution in [2.75, 3.05) is 7.11 Å². The van der Waals surface area contributed by atoms with Gasteiger partial charge in [0, 0.05) is 5.56 Å². The standard InChI is InChI=1S/C15H16N2O3/c1-4-10-7-11(5-6-14(10)20-3)12-8-13(15(18)19)17-9(2)16-12/h5-8H,4H2,1-3H3,(H,18,19). The normalized spacial score (nSPS) is 10.3. The molecular weight excluding hydrogens is 256 g/mol. The molecule has 0 radical (unpaired) electrons. The number of ether oxygens (including phenoxy) is 1. The maximum absolute atomic E-state index is 11.0. The third kappa shape index (κ3) is 2.77. The number of benzene rings is 1. The van der Waals surface area contributed by atoms with Gasteiger partial charge in [0.05, 0.1) is 12.8 Å². The Bertz CT molecular complexity index is 654. The summed E-state index contributed by atoms with van der Waals surface area (Å²) in [5.41, 5.74) is 2.52. The molecule has 0 spiro atoms. The lowest BCUT2D eigenvalue weighted by Crippen LogP contribution is -2.04. The van der Waals surface area contributed by atoms with E-state index in [0.717, 1.165) is 23.3 Å². The Labute approximate surface area is 117 Å². The van der Waals surface area contributed by atoms with Crippen LogP contribution in [0.5, 0.6) is 5.75 Å². The van der Waals surface area contributed by atoms with Crippen LogP contribution in [0.1, 0.15) is 28.8 Å². The van der Waals surface area contributed by atoms with Gasteiger partial charge in [0.15, 0.2) is 5.69 Å². The van der Waals surface area contributed by atoms with Crippen molar-refractivity contribution in [3.8, 4) is 17.0 Å². The lowest BCUT2D eigenvalue weighted by Gasteiger charge is -2.09. The summed E-state index contributed by atoms with van der Waals surface area (Å²) in [6.07, 6.45) is 0.826. The Morgan fingerprint density at radius 1 is 1.30 bits per heavy atom. The smallest absolute Gasteiger partial charge is 0.354 e. The van der Waals surface area contributed by atoms with E-state index < -0.39 is 5.97 Å². The van der Waals surface area contributed by atoms with Gasteiger partial charge in [-0.25, -0.2) is 14.8 Å². The zero-order valence-corrected chi connectivity index (χ0v) is 11.7. The number of carboxylic acids is 1. The molecule has 2 rings (SSSR count). The molecule has 0 bridgehead atoms. The van der Waals surface area contributed by atoms with Gasteiger partial charge in [-0.05, 0) is 43.2 Å². The highest BCUT2D eigenvalue weighted by Gasteiger charge is 2.11. The maximum Gasteiger partial charge on any atom is 0.354 e. The third-order valence-corrected chi connectivity index (χ3v) is 3.01. The number of rotatable bonds is 4. The molecule has 0 fully saturated rings. The number of aromatic nitrogens is 2. The Balaban J connectivity index is 2.53. The molecule has 1 aromatic heterocycles. The second-order valence-electron chi connectivity index (χ2n) is 4.37. The molecule has 5 nitrogen and oxygen atoms in total. The first-order chi connectivity index (χ1) is 9.55. The Kier molecular flexibility index (Phi) is 3.98. The van der Waals surface area contributed by atoms with Gasteiger partial charge in [0.25, 0.3) is 0 Å². The molecule has 5 heteroatoms. The zero-order valence-electron chi connectivity index (χ0n) is 11.7. The highest BCUT2D eigenvalue weighted by molar-refractivity contribution is 5.86. The minimum atomic E-state index is -1.05. The molecule has 0 saturated heterocycles. The molecule has 0 amide bonds. The van der Waals surface area contributed by atoms with Crippen LogP contribution in [-0.4, -0.2) is 28.2 Å². The second kappa shape index (κ2) is 5.69. The van der Waals surface area contributed by atoms with Crippen LogP contribution >= 0.6 is 0 Å². The lowest BCUT2D eigenvalue weighted by molar-refractivity contribution is 0.0690. The van der Waals surface area contributed by atoms with Gasteiger partial charge in [-0.15, -0.1) is 0 Å². The molecule has 0 atom stereocenters. The topological polar surface area (TPSA) is 72.3 Å². The SMILES string of the molecule is CCc1cc(-c2cc(C(=O)O)nc(C)n2)ccc1OC. The van der Waals surface area contributed by atoms with Crippen LogP contribution < -0.4 is 4.74 Å². The number of methoxy groups -OCH3 is 1. The molecule has 0 saturated carbocycles. The second-order valence-corrected chi connectivity index (χ2v) is 4.37. The molecular formula is C15H16N2O3. The van der Waals surface area contributed by atoms with Crippen molar-refractivity contribution in [1.29, 1.82) is 0 Å². The van der Waals surface area contributed by atoms with Crippen molar-refractivity contribution >= 4 is 5.97 Å². The van der Waals surface area contributed by atoms with Gasteiger partial charge in [-0.1, -0.05) is 6.92 Å². The van der Waals surface area contributed by atoms with E-state index in [9.17, 15) is 4.79 Å². The minimum Gasteiger partial charge on any atom is -0.496 e. The highest BCUT2D eigenvalue weighted by atomic mass is 16.5. The molecule has 0 aliphatic heterocycles. The largest absolute Gasteiger partial charge is 0.496 e. The van der Waals surface area contributed by atoms with Gasteiger partial charge >= 0.3 is 5.97 Å². The summed E-state index contributed by atoms with van der Waals surface area (Å²) >= 11 is 0. The van der Waals surface area contributed by atoms with E-state index in [1.165, 1.54) is 6.07 Å². The first-order valence-electron chi connectivity index (χ1n) is 6.31. The predicted molar refractivity (Wildman–Crippen MR) is 75.1 cm³/mol. The monoisotopic (exact) mass is 272 g/mol. The van der Waals surface area contributed by atoms with E-state index in [0.29, 0.717) is 11.5 Å². The zero-order chi connectivity index (χ0) is 14.7. The van der Waals surface area contributed by atoms with Gasteiger partial charge in [-0.2, -0.15) is 0 Å². The summed E-state index contributed by atoms with van der Waals surface area (Å²) in [4.78, 5) is 19.3. The van der Waals surface area contributed by atoms with E-state index in [1.54, 1.807) is 14.0 Å². The summed E-state index contributed by atoms with van der Waals surface area (Å²) < 4.78 is 5.29. The van der Waals surface area contributed by atoms with E-state index >= 15 is 0 Å². The van der Waals surface area contributed by atoms with Gasteiger partial charge in [-0.3, -0.25) is 0 Å². The fourth-order valence-electron chi connectivity index (χ4n) is 2.04. The molecule has 104 valence electrons. The van der Waals surface area contributed by atoms with Crippen molar-refractivity contribution in [3.63, 3.8) is 0 Å². The van der Waals surface area contributed by atoms with Crippen molar-refractivity contribution < 1.29 is 14.6 Å². The number of aryl methyl sites for hydroxylation is 2. The maximum atomic E-state index is 11.0. The highest BCUT2D eigenvalue weighted by Crippen LogP contribution is 2.26. The Morgan fingerprint density at radius 3 is 2.65 bits per heavy atom. The number of aromatic carboxylic acids is 1. The van der Waals surface area contributed by atoms with E-state index in [-0.39, 0.29) is 5.69 Å². The molecule has 0 aliphatic carbocycles. The minimum absolute atomic E-state index is 0.00127. The van der Waals surface area contributed by atoms with E-state index in [2.05, 4.69) is 9.97 Å². The van der Waals surface area contributed by atoms with Crippen molar-refractivity contribution in [1.82, 2.24) is 9.97 Å². The lowest BCUT2D eigenvalue weighted by atomic mass is 10.0. The molecule has 1 aromatic carbocycles. The molecule has 2 aromatic rings. The van der Waals surface area contributed by atoms with Gasteiger partial charge in [0.1, 0.15) is 11.6 Å². The Hall–Kier alpha value is -2.43. The number of carbonyl (C=O) groups is 1. The molecule has 0 aliphatic rings. The van der Waals surface area contributed by atoms with Crippen molar-refractivity contribution in [2.45, 2.75) is 20.3 Å².